The Morgan fingerprint density at radius 1 is 0.519 bits per heavy atom. The van der Waals surface area contributed by atoms with Gasteiger partial charge in [-0.3, -0.25) is 9.59 Å². The maximum atomic E-state index is 13.1. The third kappa shape index (κ3) is 37.5. The molecule has 1 amide bonds. The van der Waals surface area contributed by atoms with E-state index in [0.29, 0.717) is 19.3 Å². The molecule has 0 bridgehead atoms. The Bertz CT molecular complexity index is 817. The maximum absolute atomic E-state index is 13.1. The van der Waals surface area contributed by atoms with Gasteiger partial charge in [-0.15, -0.1) is 0 Å². The van der Waals surface area contributed by atoms with Gasteiger partial charge >= 0.3 is 5.97 Å². The second-order valence-corrected chi connectivity index (χ2v) is 16.5. The van der Waals surface area contributed by atoms with Gasteiger partial charge in [0.2, 0.25) is 5.91 Å². The van der Waals surface area contributed by atoms with Gasteiger partial charge in [0.15, 0.2) is 0 Å². The SMILES string of the molecule is CCCCC/C=C\CCCCCCCC(=O)OC(CCCCCCCCCCCCCCCC)CC(=O)NC(CO)C(O)CCCCCCCCCCC. The molecule has 6 nitrogen and oxygen atoms in total. The van der Waals surface area contributed by atoms with E-state index < -0.39 is 18.2 Å². The number of unbranched alkanes of at least 4 members (excludes halogenated alkanes) is 29. The molecule has 0 aromatic heterocycles. The van der Waals surface area contributed by atoms with Crippen LogP contribution in [-0.2, 0) is 14.3 Å². The average molecular weight is 764 g/mol. The molecular formula is C48H93NO5. The predicted octanol–water partition coefficient (Wildman–Crippen LogP) is 13.8. The number of aliphatic hydroxyl groups excluding tert-OH is 2. The number of rotatable bonds is 43. The highest BCUT2D eigenvalue weighted by Gasteiger charge is 2.24. The molecule has 0 aromatic rings. The summed E-state index contributed by atoms with van der Waals surface area (Å²) >= 11 is 0. The van der Waals surface area contributed by atoms with Crippen LogP contribution in [0.2, 0.25) is 0 Å². The number of hydrogen-bond donors (Lipinski definition) is 3. The molecule has 0 saturated carbocycles. The first kappa shape index (κ1) is 52.6. The maximum Gasteiger partial charge on any atom is 0.306 e. The summed E-state index contributed by atoms with van der Waals surface area (Å²) in [6.45, 7) is 6.45. The van der Waals surface area contributed by atoms with Gasteiger partial charge in [-0.05, 0) is 51.4 Å². The van der Waals surface area contributed by atoms with Crippen LogP contribution in [0.1, 0.15) is 258 Å². The van der Waals surface area contributed by atoms with Crippen molar-refractivity contribution in [2.24, 2.45) is 0 Å². The second-order valence-electron chi connectivity index (χ2n) is 16.5. The topological polar surface area (TPSA) is 95.9 Å². The van der Waals surface area contributed by atoms with E-state index in [1.165, 1.54) is 154 Å². The van der Waals surface area contributed by atoms with Gasteiger partial charge in [0, 0.05) is 6.42 Å². The van der Waals surface area contributed by atoms with E-state index in [2.05, 4.69) is 38.2 Å². The van der Waals surface area contributed by atoms with Gasteiger partial charge in [-0.25, -0.2) is 0 Å². The lowest BCUT2D eigenvalue weighted by atomic mass is 10.0. The largest absolute Gasteiger partial charge is 0.462 e. The Balaban J connectivity index is 4.57. The number of hydrogen-bond acceptors (Lipinski definition) is 5. The van der Waals surface area contributed by atoms with Crippen LogP contribution in [0.5, 0.6) is 0 Å². The molecule has 320 valence electrons. The van der Waals surface area contributed by atoms with Crippen molar-refractivity contribution < 1.29 is 24.5 Å². The predicted molar refractivity (Wildman–Crippen MR) is 232 cm³/mol. The van der Waals surface area contributed by atoms with Crippen LogP contribution < -0.4 is 5.32 Å². The summed E-state index contributed by atoms with van der Waals surface area (Å²) in [6, 6.07) is -0.694. The van der Waals surface area contributed by atoms with E-state index in [1.807, 2.05) is 0 Å². The van der Waals surface area contributed by atoms with Crippen molar-refractivity contribution >= 4 is 11.9 Å². The third-order valence-electron chi connectivity index (χ3n) is 11.1. The fraction of sp³-hybridized carbons (Fsp3) is 0.917. The van der Waals surface area contributed by atoms with Crippen LogP contribution in [0.15, 0.2) is 12.2 Å². The van der Waals surface area contributed by atoms with Crippen LogP contribution in [-0.4, -0.2) is 46.9 Å². The minimum Gasteiger partial charge on any atom is -0.462 e. The molecule has 0 radical (unpaired) electrons. The summed E-state index contributed by atoms with van der Waals surface area (Å²) in [6.07, 6.45) is 45.5. The molecule has 6 heteroatoms. The normalized spacial score (nSPS) is 13.4. The van der Waals surface area contributed by atoms with E-state index in [1.54, 1.807) is 0 Å². The summed E-state index contributed by atoms with van der Waals surface area (Å²) in [5.74, 6) is -0.472. The first-order valence-electron chi connectivity index (χ1n) is 23.9. The second kappa shape index (κ2) is 42.7. The Morgan fingerprint density at radius 2 is 0.889 bits per heavy atom. The first-order valence-corrected chi connectivity index (χ1v) is 23.9. The Kier molecular flexibility index (Phi) is 41.6. The van der Waals surface area contributed by atoms with Crippen molar-refractivity contribution in [2.45, 2.75) is 277 Å². The van der Waals surface area contributed by atoms with Crippen molar-refractivity contribution in [3.8, 4) is 0 Å². The number of ether oxygens (including phenoxy) is 1. The fourth-order valence-corrected chi connectivity index (χ4v) is 7.43. The van der Waals surface area contributed by atoms with Crippen molar-refractivity contribution in [3.63, 3.8) is 0 Å². The minimum absolute atomic E-state index is 0.0808. The van der Waals surface area contributed by atoms with Crippen LogP contribution in [0, 0.1) is 0 Å². The lowest BCUT2D eigenvalue weighted by Gasteiger charge is -2.24. The molecule has 0 aliphatic carbocycles. The van der Waals surface area contributed by atoms with Crippen molar-refractivity contribution in [1.82, 2.24) is 5.32 Å². The summed E-state index contributed by atoms with van der Waals surface area (Å²) < 4.78 is 5.91. The van der Waals surface area contributed by atoms with Gasteiger partial charge in [0.1, 0.15) is 6.10 Å². The smallest absolute Gasteiger partial charge is 0.306 e. The quantitative estimate of drug-likeness (QED) is 0.0326. The summed E-state index contributed by atoms with van der Waals surface area (Å²) in [7, 11) is 0. The summed E-state index contributed by atoms with van der Waals surface area (Å²) in [5, 5.41) is 23.6. The van der Waals surface area contributed by atoms with Crippen molar-refractivity contribution in [2.75, 3.05) is 6.61 Å². The van der Waals surface area contributed by atoms with E-state index in [0.717, 1.165) is 57.8 Å². The number of allylic oxidation sites excluding steroid dienone is 2. The van der Waals surface area contributed by atoms with Gasteiger partial charge in [-0.2, -0.15) is 0 Å². The Morgan fingerprint density at radius 3 is 1.35 bits per heavy atom. The van der Waals surface area contributed by atoms with E-state index >= 15 is 0 Å². The van der Waals surface area contributed by atoms with Crippen LogP contribution >= 0.6 is 0 Å². The highest BCUT2D eigenvalue weighted by Crippen LogP contribution is 2.18. The standard InChI is InChI=1S/C48H93NO5/c1-4-7-10-13-16-19-21-23-24-25-28-30-33-36-39-44(54-48(53)41-38-35-32-29-26-22-20-17-14-11-8-5-2)42-47(52)49-45(43-50)46(51)40-37-34-31-27-18-15-12-9-6-3/h17,20,44-46,50-51H,4-16,18-19,21-43H2,1-3H3,(H,49,52)/b20-17-. The van der Waals surface area contributed by atoms with Crippen molar-refractivity contribution in [1.29, 1.82) is 0 Å². The zero-order valence-electron chi connectivity index (χ0n) is 36.4. The van der Waals surface area contributed by atoms with Gasteiger partial charge in [-0.1, -0.05) is 206 Å². The summed E-state index contributed by atoms with van der Waals surface area (Å²) in [5.41, 5.74) is 0. The lowest BCUT2D eigenvalue weighted by Crippen LogP contribution is -2.46. The third-order valence-corrected chi connectivity index (χ3v) is 11.1. The number of carbonyl (C=O) groups is 2. The zero-order chi connectivity index (χ0) is 39.6. The first-order chi connectivity index (χ1) is 26.5. The Hall–Kier alpha value is -1.40. The zero-order valence-corrected chi connectivity index (χ0v) is 36.4. The van der Waals surface area contributed by atoms with Crippen molar-refractivity contribution in [3.05, 3.63) is 12.2 Å². The molecule has 0 heterocycles. The highest BCUT2D eigenvalue weighted by atomic mass is 16.5. The number of esters is 1. The Labute approximate surface area is 336 Å². The van der Waals surface area contributed by atoms with Crippen LogP contribution in [0.3, 0.4) is 0 Å². The molecule has 0 aromatic carbocycles. The van der Waals surface area contributed by atoms with E-state index in [4.69, 9.17) is 4.74 Å². The van der Waals surface area contributed by atoms with Gasteiger partial charge < -0.3 is 20.3 Å². The molecule has 0 aliphatic heterocycles. The molecule has 0 saturated heterocycles. The lowest BCUT2D eigenvalue weighted by molar-refractivity contribution is -0.151. The number of amides is 1. The molecular weight excluding hydrogens is 671 g/mol. The molecule has 54 heavy (non-hydrogen) atoms. The monoisotopic (exact) mass is 764 g/mol. The molecule has 0 spiro atoms. The average Bonchev–Trinajstić information content (AvgIpc) is 3.16. The molecule has 0 aliphatic rings. The van der Waals surface area contributed by atoms with E-state index in [9.17, 15) is 19.8 Å². The molecule has 0 fully saturated rings. The molecule has 3 N–H and O–H groups in total. The van der Waals surface area contributed by atoms with Crippen LogP contribution in [0.4, 0.5) is 0 Å². The van der Waals surface area contributed by atoms with Gasteiger partial charge in [0.25, 0.3) is 0 Å². The van der Waals surface area contributed by atoms with E-state index in [-0.39, 0.29) is 24.9 Å². The highest BCUT2D eigenvalue weighted by molar-refractivity contribution is 5.77. The number of carbonyl (C=O) groups excluding carboxylic acids is 2. The number of nitrogens with one attached hydrogen (secondary N) is 1. The fourth-order valence-electron chi connectivity index (χ4n) is 7.43. The van der Waals surface area contributed by atoms with Crippen LogP contribution in [0.25, 0.3) is 0 Å². The molecule has 3 unspecified atom stereocenters. The van der Waals surface area contributed by atoms with Gasteiger partial charge in [0.05, 0.1) is 25.2 Å². The number of aliphatic hydroxyl groups is 2. The summed E-state index contributed by atoms with van der Waals surface area (Å²) in [4.78, 5) is 26.0. The minimum atomic E-state index is -0.780. The molecule has 0 rings (SSSR count). The molecule has 3 atom stereocenters.